The maximum Gasteiger partial charge on any atom is 0.182 e. The Bertz CT molecular complexity index is 177. The fourth-order valence-corrected chi connectivity index (χ4v) is 1.28. The van der Waals surface area contributed by atoms with Crippen LogP contribution in [0, 0.1) is 0 Å². The molecular weight excluding hydrogens is 163 g/mol. The number of rotatable bonds is 5. The van der Waals surface area contributed by atoms with Crippen molar-refractivity contribution in [3.63, 3.8) is 0 Å². The summed E-state index contributed by atoms with van der Waals surface area (Å²) in [4.78, 5) is 4.03. The first-order chi connectivity index (χ1) is 5.43. The minimum atomic E-state index is -0.223. The van der Waals surface area contributed by atoms with Gasteiger partial charge in [0, 0.05) is 18.1 Å². The van der Waals surface area contributed by atoms with Crippen molar-refractivity contribution in [2.75, 3.05) is 18.5 Å². The number of thiazole rings is 1. The fraction of sp³-hybridized carbons (Fsp3) is 0.571. The summed E-state index contributed by atoms with van der Waals surface area (Å²) in [6.45, 7) is 0.594. The van der Waals surface area contributed by atoms with E-state index in [0.29, 0.717) is 6.42 Å². The van der Waals surface area contributed by atoms with E-state index in [1.54, 1.807) is 17.5 Å². The Hall–Kier alpha value is -0.640. The summed E-state index contributed by atoms with van der Waals surface area (Å²) in [5.41, 5.74) is 0. The summed E-state index contributed by atoms with van der Waals surface area (Å²) in [7, 11) is 0. The molecule has 2 nitrogen and oxygen atoms in total. The lowest BCUT2D eigenvalue weighted by molar-refractivity contribution is 0.466. The number of anilines is 1. The van der Waals surface area contributed by atoms with Crippen LogP contribution in [0.5, 0.6) is 0 Å². The number of halogens is 1. The molecular formula is C7H11FN2S. The van der Waals surface area contributed by atoms with E-state index < -0.39 is 0 Å². The smallest absolute Gasteiger partial charge is 0.182 e. The second kappa shape index (κ2) is 5.07. The third kappa shape index (κ3) is 3.32. The molecule has 1 aromatic rings. The molecule has 0 aliphatic heterocycles. The second-order valence-electron chi connectivity index (χ2n) is 2.16. The van der Waals surface area contributed by atoms with Crippen molar-refractivity contribution in [1.82, 2.24) is 4.98 Å². The Morgan fingerprint density at radius 3 is 3.09 bits per heavy atom. The van der Waals surface area contributed by atoms with Crippen LogP contribution < -0.4 is 5.32 Å². The normalized spacial score (nSPS) is 9.91. The van der Waals surface area contributed by atoms with Crippen molar-refractivity contribution in [2.24, 2.45) is 0 Å². The van der Waals surface area contributed by atoms with Gasteiger partial charge in [0.05, 0.1) is 6.67 Å². The Labute approximate surface area is 69.5 Å². The number of nitrogens with zero attached hydrogens (tertiary/aromatic N) is 1. The lowest BCUT2D eigenvalue weighted by Crippen LogP contribution is -2.00. The third-order valence-electron chi connectivity index (χ3n) is 1.27. The first kappa shape index (κ1) is 8.46. The first-order valence-corrected chi connectivity index (χ1v) is 4.51. The van der Waals surface area contributed by atoms with Gasteiger partial charge in [0.2, 0.25) is 0 Å². The van der Waals surface area contributed by atoms with Crippen molar-refractivity contribution in [2.45, 2.75) is 12.8 Å². The number of nitrogens with one attached hydrogen (secondary N) is 1. The lowest BCUT2D eigenvalue weighted by Gasteiger charge is -1.98. The van der Waals surface area contributed by atoms with Crippen LogP contribution in [0.1, 0.15) is 12.8 Å². The fourth-order valence-electron chi connectivity index (χ4n) is 0.726. The number of aromatic nitrogens is 1. The van der Waals surface area contributed by atoms with Gasteiger partial charge in [-0.05, 0) is 12.8 Å². The lowest BCUT2D eigenvalue weighted by atomic mass is 10.3. The van der Waals surface area contributed by atoms with Crippen LogP contribution in [0.3, 0.4) is 0 Å². The average molecular weight is 174 g/mol. The number of unbranched alkanes of at least 4 members (excludes halogenated alkanes) is 1. The molecule has 0 spiro atoms. The molecule has 0 saturated carbocycles. The highest BCUT2D eigenvalue weighted by atomic mass is 32.1. The summed E-state index contributed by atoms with van der Waals surface area (Å²) >= 11 is 1.56. The van der Waals surface area contributed by atoms with Crippen molar-refractivity contribution < 1.29 is 4.39 Å². The first-order valence-electron chi connectivity index (χ1n) is 3.63. The van der Waals surface area contributed by atoms with Crippen molar-refractivity contribution >= 4 is 16.5 Å². The van der Waals surface area contributed by atoms with Crippen LogP contribution in [0.4, 0.5) is 9.52 Å². The highest BCUT2D eigenvalue weighted by Gasteiger charge is 1.91. The minimum Gasteiger partial charge on any atom is -0.362 e. The largest absolute Gasteiger partial charge is 0.362 e. The molecule has 0 radical (unpaired) electrons. The van der Waals surface area contributed by atoms with Gasteiger partial charge < -0.3 is 5.32 Å². The molecule has 4 heteroatoms. The van der Waals surface area contributed by atoms with Gasteiger partial charge in [-0.1, -0.05) is 0 Å². The quantitative estimate of drug-likeness (QED) is 0.693. The van der Waals surface area contributed by atoms with Gasteiger partial charge in [-0.15, -0.1) is 11.3 Å². The van der Waals surface area contributed by atoms with E-state index in [0.717, 1.165) is 18.1 Å². The van der Waals surface area contributed by atoms with Crippen LogP contribution in [0.25, 0.3) is 0 Å². The third-order valence-corrected chi connectivity index (χ3v) is 2.00. The Morgan fingerprint density at radius 1 is 1.55 bits per heavy atom. The minimum absolute atomic E-state index is 0.223. The maximum atomic E-state index is 11.6. The zero-order valence-corrected chi connectivity index (χ0v) is 7.03. The molecule has 0 aliphatic carbocycles. The van der Waals surface area contributed by atoms with E-state index in [1.165, 1.54) is 0 Å². The van der Waals surface area contributed by atoms with E-state index >= 15 is 0 Å². The van der Waals surface area contributed by atoms with Gasteiger partial charge >= 0.3 is 0 Å². The molecule has 1 heterocycles. The molecule has 0 fully saturated rings. The summed E-state index contributed by atoms with van der Waals surface area (Å²) in [6.07, 6.45) is 3.26. The van der Waals surface area contributed by atoms with Crippen molar-refractivity contribution in [3.8, 4) is 0 Å². The van der Waals surface area contributed by atoms with Gasteiger partial charge in [0.1, 0.15) is 0 Å². The van der Waals surface area contributed by atoms with E-state index in [-0.39, 0.29) is 6.67 Å². The van der Waals surface area contributed by atoms with Crippen LogP contribution in [0.2, 0.25) is 0 Å². The summed E-state index contributed by atoms with van der Waals surface area (Å²) < 4.78 is 11.6. The topological polar surface area (TPSA) is 24.9 Å². The van der Waals surface area contributed by atoms with Crippen LogP contribution in [0.15, 0.2) is 11.6 Å². The SMILES string of the molecule is FCCCCNc1nccs1. The van der Waals surface area contributed by atoms with E-state index in [4.69, 9.17) is 0 Å². The molecule has 62 valence electrons. The molecule has 1 N–H and O–H groups in total. The van der Waals surface area contributed by atoms with Gasteiger partial charge in [0.15, 0.2) is 5.13 Å². The summed E-state index contributed by atoms with van der Waals surface area (Å²) in [6, 6.07) is 0. The van der Waals surface area contributed by atoms with Gasteiger partial charge in [-0.25, -0.2) is 4.98 Å². The van der Waals surface area contributed by atoms with Crippen molar-refractivity contribution in [3.05, 3.63) is 11.6 Å². The van der Waals surface area contributed by atoms with Crippen LogP contribution in [-0.4, -0.2) is 18.2 Å². The predicted molar refractivity (Wildman–Crippen MR) is 45.8 cm³/mol. The van der Waals surface area contributed by atoms with Gasteiger partial charge in [-0.3, -0.25) is 4.39 Å². The summed E-state index contributed by atoms with van der Waals surface area (Å²) in [5.74, 6) is 0. The maximum absolute atomic E-state index is 11.6. The molecule has 0 unspecified atom stereocenters. The molecule has 1 rings (SSSR count). The molecule has 11 heavy (non-hydrogen) atoms. The Morgan fingerprint density at radius 2 is 2.45 bits per heavy atom. The standard InChI is InChI=1S/C7H11FN2S/c8-3-1-2-4-9-7-10-5-6-11-7/h5-6H,1-4H2,(H,9,10). The molecule has 0 saturated heterocycles. The molecule has 0 atom stereocenters. The van der Waals surface area contributed by atoms with Gasteiger partial charge in [0.25, 0.3) is 0 Å². The zero-order valence-electron chi connectivity index (χ0n) is 6.22. The number of alkyl halides is 1. The second-order valence-corrected chi connectivity index (χ2v) is 3.05. The molecule has 0 aliphatic rings. The highest BCUT2D eigenvalue weighted by Crippen LogP contribution is 2.09. The average Bonchev–Trinajstić information content (AvgIpc) is 2.50. The van der Waals surface area contributed by atoms with E-state index in [1.807, 2.05) is 5.38 Å². The molecule has 1 aromatic heterocycles. The van der Waals surface area contributed by atoms with Crippen LogP contribution in [-0.2, 0) is 0 Å². The molecule has 0 amide bonds. The number of hydrogen-bond donors (Lipinski definition) is 1. The molecule has 0 bridgehead atoms. The highest BCUT2D eigenvalue weighted by molar-refractivity contribution is 7.13. The molecule has 0 aromatic carbocycles. The van der Waals surface area contributed by atoms with Crippen molar-refractivity contribution in [1.29, 1.82) is 0 Å². The summed E-state index contributed by atoms with van der Waals surface area (Å²) in [5, 5.41) is 5.93. The predicted octanol–water partition coefficient (Wildman–Crippen LogP) is 2.30. The van der Waals surface area contributed by atoms with E-state index in [9.17, 15) is 4.39 Å². The number of hydrogen-bond acceptors (Lipinski definition) is 3. The Balaban J connectivity index is 2.04. The van der Waals surface area contributed by atoms with Gasteiger partial charge in [-0.2, -0.15) is 0 Å². The van der Waals surface area contributed by atoms with E-state index in [2.05, 4.69) is 10.3 Å². The van der Waals surface area contributed by atoms with Crippen LogP contribution >= 0.6 is 11.3 Å². The zero-order chi connectivity index (χ0) is 7.94. The monoisotopic (exact) mass is 174 g/mol. The Kier molecular flexibility index (Phi) is 3.90.